The van der Waals surface area contributed by atoms with Gasteiger partial charge in [-0.2, -0.15) is 0 Å². The Balaban J connectivity index is 4.93. The zero-order valence-electron chi connectivity index (χ0n) is 13.4. The second kappa shape index (κ2) is 10.5. The number of aliphatic carboxylic acids is 2. The van der Waals surface area contributed by atoms with Crippen molar-refractivity contribution in [1.82, 2.24) is 9.80 Å². The molecule has 0 bridgehead atoms. The van der Waals surface area contributed by atoms with Crippen molar-refractivity contribution in [2.24, 2.45) is 0 Å². The van der Waals surface area contributed by atoms with Crippen LogP contribution in [0.5, 0.6) is 0 Å². The van der Waals surface area contributed by atoms with Crippen LogP contribution >= 0.6 is 0 Å². The predicted octanol–water partition coefficient (Wildman–Crippen LogP) is -1.51. The number of hydrogen-bond donors (Lipinski definition) is 2. The van der Waals surface area contributed by atoms with Crippen LogP contribution in [0.3, 0.4) is 0 Å². The molecule has 23 heavy (non-hydrogen) atoms. The first-order valence-electron chi connectivity index (χ1n) is 6.73. The summed E-state index contributed by atoms with van der Waals surface area (Å²) in [6.07, 6.45) is 0. The van der Waals surface area contributed by atoms with Crippen LogP contribution in [-0.2, 0) is 28.7 Å². The van der Waals surface area contributed by atoms with Crippen molar-refractivity contribution >= 4 is 23.9 Å². The van der Waals surface area contributed by atoms with Crippen molar-refractivity contribution in [2.75, 3.05) is 46.9 Å². The van der Waals surface area contributed by atoms with Gasteiger partial charge in [-0.15, -0.1) is 0 Å². The van der Waals surface area contributed by atoms with E-state index in [-0.39, 0.29) is 19.6 Å². The average Bonchev–Trinajstić information content (AvgIpc) is 2.44. The van der Waals surface area contributed by atoms with E-state index in [9.17, 15) is 19.2 Å². The minimum absolute atomic E-state index is 0.0612. The lowest BCUT2D eigenvalue weighted by atomic mass is 10.2. The van der Waals surface area contributed by atoms with Gasteiger partial charge in [0.15, 0.2) is 0 Å². The van der Waals surface area contributed by atoms with Crippen molar-refractivity contribution in [3.8, 4) is 0 Å². The van der Waals surface area contributed by atoms with Crippen LogP contribution in [0.2, 0.25) is 0 Å². The maximum atomic E-state index is 11.4. The molecule has 0 saturated carbocycles. The van der Waals surface area contributed by atoms with Crippen molar-refractivity contribution in [1.29, 1.82) is 0 Å². The van der Waals surface area contributed by atoms with Gasteiger partial charge in [0.2, 0.25) is 0 Å². The largest absolute Gasteiger partial charge is 0.480 e. The summed E-state index contributed by atoms with van der Waals surface area (Å²) in [5.74, 6) is -3.51. The van der Waals surface area contributed by atoms with Crippen LogP contribution in [0.15, 0.2) is 0 Å². The van der Waals surface area contributed by atoms with E-state index in [2.05, 4.69) is 9.47 Å². The smallest absolute Gasteiger partial charge is 0.319 e. The molecule has 132 valence electrons. The molecule has 0 unspecified atom stereocenters. The SMILES string of the molecule is COC(=O)CN(CC(=O)O)C[C@H](C)N(CC(=O)O)CC(=O)OC. The summed E-state index contributed by atoms with van der Waals surface area (Å²) in [6, 6.07) is -0.505. The molecule has 10 heteroatoms. The van der Waals surface area contributed by atoms with Gasteiger partial charge in [-0.25, -0.2) is 0 Å². The number of esters is 2. The zero-order valence-corrected chi connectivity index (χ0v) is 13.4. The molecule has 0 radical (unpaired) electrons. The van der Waals surface area contributed by atoms with Crippen LogP contribution in [0.1, 0.15) is 6.92 Å². The van der Waals surface area contributed by atoms with Crippen LogP contribution in [0, 0.1) is 0 Å². The second-order valence-electron chi connectivity index (χ2n) is 4.86. The maximum absolute atomic E-state index is 11.4. The molecule has 0 aliphatic rings. The zero-order chi connectivity index (χ0) is 18.0. The van der Waals surface area contributed by atoms with Crippen LogP contribution in [0.25, 0.3) is 0 Å². The molecule has 0 aromatic carbocycles. The first-order chi connectivity index (χ1) is 10.7. The quantitative estimate of drug-likeness (QED) is 0.430. The molecule has 2 N–H and O–H groups in total. The molecular weight excluding hydrogens is 312 g/mol. The Hall–Kier alpha value is -2.20. The van der Waals surface area contributed by atoms with Crippen LogP contribution in [0.4, 0.5) is 0 Å². The molecule has 0 aliphatic heterocycles. The van der Waals surface area contributed by atoms with Crippen molar-refractivity contribution in [2.45, 2.75) is 13.0 Å². The molecule has 0 saturated heterocycles. The first-order valence-corrected chi connectivity index (χ1v) is 6.73. The van der Waals surface area contributed by atoms with Gasteiger partial charge in [0.25, 0.3) is 0 Å². The molecule has 0 fully saturated rings. The van der Waals surface area contributed by atoms with Crippen molar-refractivity contribution < 1.29 is 38.9 Å². The van der Waals surface area contributed by atoms with Gasteiger partial charge in [0, 0.05) is 12.6 Å². The Bertz CT molecular complexity index is 440. The van der Waals surface area contributed by atoms with Crippen LogP contribution in [-0.4, -0.2) is 96.9 Å². The summed E-state index contributed by atoms with van der Waals surface area (Å²) < 4.78 is 9.00. The second-order valence-corrected chi connectivity index (χ2v) is 4.86. The lowest BCUT2D eigenvalue weighted by molar-refractivity contribution is -0.148. The Morgan fingerprint density at radius 1 is 0.870 bits per heavy atom. The third-order valence-corrected chi connectivity index (χ3v) is 2.98. The number of hydrogen-bond acceptors (Lipinski definition) is 8. The topological polar surface area (TPSA) is 134 Å². The van der Waals surface area contributed by atoms with Crippen molar-refractivity contribution in [3.05, 3.63) is 0 Å². The molecule has 0 heterocycles. The van der Waals surface area contributed by atoms with Gasteiger partial charge in [-0.05, 0) is 6.92 Å². The van der Waals surface area contributed by atoms with Gasteiger partial charge in [0.1, 0.15) is 0 Å². The third-order valence-electron chi connectivity index (χ3n) is 2.98. The summed E-state index contributed by atoms with van der Waals surface area (Å²) >= 11 is 0. The fraction of sp³-hybridized carbons (Fsp3) is 0.692. The van der Waals surface area contributed by atoms with E-state index in [0.717, 1.165) is 0 Å². The number of rotatable bonds is 11. The fourth-order valence-electron chi connectivity index (χ4n) is 1.88. The van der Waals surface area contributed by atoms with E-state index in [1.165, 1.54) is 24.0 Å². The number of methoxy groups -OCH3 is 2. The number of nitrogens with zero attached hydrogens (tertiary/aromatic N) is 2. The highest BCUT2D eigenvalue weighted by molar-refractivity contribution is 5.74. The van der Waals surface area contributed by atoms with E-state index in [1.54, 1.807) is 6.92 Å². The summed E-state index contributed by atoms with van der Waals surface area (Å²) in [5.41, 5.74) is 0. The van der Waals surface area contributed by atoms with Gasteiger partial charge in [0.05, 0.1) is 40.4 Å². The number of ether oxygens (including phenoxy) is 2. The summed E-state index contributed by atoms with van der Waals surface area (Å²) in [5, 5.41) is 17.8. The Morgan fingerprint density at radius 3 is 1.78 bits per heavy atom. The first kappa shape index (κ1) is 20.8. The Labute approximate surface area is 133 Å². The highest BCUT2D eigenvalue weighted by Crippen LogP contribution is 2.04. The van der Waals surface area contributed by atoms with Gasteiger partial charge < -0.3 is 19.7 Å². The number of carbonyl (C=O) groups is 4. The van der Waals surface area contributed by atoms with Gasteiger partial charge >= 0.3 is 23.9 Å². The molecule has 0 aromatic rings. The van der Waals surface area contributed by atoms with E-state index < -0.39 is 43.0 Å². The molecule has 0 rings (SSSR count). The molecule has 0 spiro atoms. The average molecular weight is 334 g/mol. The minimum Gasteiger partial charge on any atom is -0.480 e. The highest BCUT2D eigenvalue weighted by atomic mass is 16.5. The lowest BCUT2D eigenvalue weighted by Crippen LogP contribution is -2.48. The van der Waals surface area contributed by atoms with E-state index in [0.29, 0.717) is 0 Å². The lowest BCUT2D eigenvalue weighted by Gasteiger charge is -2.30. The summed E-state index contributed by atoms with van der Waals surface area (Å²) in [6.45, 7) is 0.326. The Morgan fingerprint density at radius 2 is 1.35 bits per heavy atom. The Kier molecular flexibility index (Phi) is 9.51. The highest BCUT2D eigenvalue weighted by Gasteiger charge is 2.24. The van der Waals surface area contributed by atoms with Crippen LogP contribution < -0.4 is 0 Å². The van der Waals surface area contributed by atoms with E-state index >= 15 is 0 Å². The van der Waals surface area contributed by atoms with Gasteiger partial charge in [-0.1, -0.05) is 0 Å². The molecule has 0 aromatic heterocycles. The summed E-state index contributed by atoms with van der Waals surface area (Å²) in [7, 11) is 2.36. The summed E-state index contributed by atoms with van der Waals surface area (Å²) in [4.78, 5) is 47.0. The minimum atomic E-state index is -1.14. The van der Waals surface area contributed by atoms with Gasteiger partial charge in [-0.3, -0.25) is 29.0 Å². The number of carbonyl (C=O) groups excluding carboxylic acids is 2. The normalized spacial score (nSPS) is 12.0. The fourth-order valence-corrected chi connectivity index (χ4v) is 1.88. The number of carboxylic acid groups (broad SMARTS) is 2. The molecule has 0 amide bonds. The maximum Gasteiger partial charge on any atom is 0.319 e. The molecule has 0 aliphatic carbocycles. The van der Waals surface area contributed by atoms with E-state index in [4.69, 9.17) is 10.2 Å². The monoisotopic (exact) mass is 334 g/mol. The molecule has 1 atom stereocenters. The van der Waals surface area contributed by atoms with Crippen molar-refractivity contribution in [3.63, 3.8) is 0 Å². The number of carboxylic acids is 2. The third kappa shape index (κ3) is 9.42. The standard InChI is InChI=1S/C13H22N2O8/c1-9(15(6-11(18)19)8-13(21)23-3)4-14(5-10(16)17)7-12(20)22-2/h9H,4-8H2,1-3H3,(H,16,17)(H,18,19)/t9-/m0/s1. The predicted molar refractivity (Wildman–Crippen MR) is 76.8 cm³/mol. The molecular formula is C13H22N2O8. The van der Waals surface area contributed by atoms with E-state index in [1.807, 2.05) is 0 Å². The molecule has 10 nitrogen and oxygen atoms in total.